The molecule has 2 N–H and O–H groups in total. The maximum atomic E-state index is 12.1. The van der Waals surface area contributed by atoms with Gasteiger partial charge >= 0.3 is 0 Å². The van der Waals surface area contributed by atoms with Gasteiger partial charge in [-0.3, -0.25) is 0 Å². The molecular weight excluding hydrogens is 278 g/mol. The number of nitrogens with zero attached hydrogens (tertiary/aromatic N) is 2. The van der Waals surface area contributed by atoms with Crippen LogP contribution in [0, 0.1) is 5.92 Å². The summed E-state index contributed by atoms with van der Waals surface area (Å²) in [5, 5.41) is 9.95. The molecule has 0 aromatic carbocycles. The average Bonchev–Trinajstić information content (AvgIpc) is 2.88. The molecule has 7 heteroatoms. The van der Waals surface area contributed by atoms with E-state index in [2.05, 4.69) is 9.71 Å². The van der Waals surface area contributed by atoms with E-state index in [-0.39, 0.29) is 23.5 Å². The first kappa shape index (κ1) is 17.1. The molecule has 1 aromatic rings. The zero-order valence-electron chi connectivity index (χ0n) is 12.6. The van der Waals surface area contributed by atoms with Gasteiger partial charge in [0.1, 0.15) is 0 Å². The van der Waals surface area contributed by atoms with Gasteiger partial charge in [-0.2, -0.15) is 0 Å². The van der Waals surface area contributed by atoms with Crippen LogP contribution in [-0.2, 0) is 10.0 Å². The zero-order valence-corrected chi connectivity index (χ0v) is 13.4. The molecule has 1 atom stereocenters. The lowest BCUT2D eigenvalue weighted by Crippen LogP contribution is -2.36. The summed E-state index contributed by atoms with van der Waals surface area (Å²) in [6, 6.07) is 0.154. The molecule has 6 nitrogen and oxygen atoms in total. The van der Waals surface area contributed by atoms with Gasteiger partial charge in [0.05, 0.1) is 12.4 Å². The first-order chi connectivity index (χ1) is 9.31. The van der Waals surface area contributed by atoms with Gasteiger partial charge in [0.2, 0.25) is 0 Å². The molecule has 1 unspecified atom stereocenters. The maximum absolute atomic E-state index is 12.1. The van der Waals surface area contributed by atoms with Crippen LogP contribution < -0.4 is 4.72 Å². The third-order valence-corrected chi connectivity index (χ3v) is 4.83. The molecule has 0 aliphatic carbocycles. The minimum absolute atomic E-state index is 0.0112. The summed E-state index contributed by atoms with van der Waals surface area (Å²) >= 11 is 0. The minimum atomic E-state index is -3.66. The van der Waals surface area contributed by atoms with E-state index in [4.69, 9.17) is 0 Å². The lowest BCUT2D eigenvalue weighted by atomic mass is 9.97. The molecule has 0 radical (unpaired) electrons. The predicted molar refractivity (Wildman–Crippen MR) is 77.9 cm³/mol. The van der Waals surface area contributed by atoms with Crippen molar-refractivity contribution >= 4 is 10.0 Å². The fraction of sp³-hybridized carbons (Fsp3) is 0.769. The van der Waals surface area contributed by atoms with Gasteiger partial charge in [-0.25, -0.2) is 18.1 Å². The number of hydrogen-bond donors (Lipinski definition) is 2. The quantitative estimate of drug-likeness (QED) is 0.763. The molecule has 0 saturated heterocycles. The van der Waals surface area contributed by atoms with Crippen LogP contribution in [0.2, 0.25) is 0 Å². The van der Waals surface area contributed by atoms with Crippen molar-refractivity contribution in [3.63, 3.8) is 0 Å². The average molecular weight is 303 g/mol. The number of rotatable bonds is 8. The molecular formula is C13H25N3O3S. The van der Waals surface area contributed by atoms with Gasteiger partial charge < -0.3 is 9.67 Å². The molecule has 1 aromatic heterocycles. The zero-order chi connectivity index (χ0) is 15.3. The van der Waals surface area contributed by atoms with E-state index < -0.39 is 16.1 Å². The third kappa shape index (κ3) is 4.29. The van der Waals surface area contributed by atoms with Crippen LogP contribution in [0.3, 0.4) is 0 Å². The number of aliphatic hydroxyl groups excluding tert-OH is 1. The second-order valence-electron chi connectivity index (χ2n) is 5.25. The van der Waals surface area contributed by atoms with Crippen LogP contribution in [-0.4, -0.2) is 35.7 Å². The van der Waals surface area contributed by atoms with Crippen molar-refractivity contribution in [2.75, 3.05) is 6.54 Å². The molecule has 20 heavy (non-hydrogen) atoms. The summed E-state index contributed by atoms with van der Waals surface area (Å²) in [6.07, 6.45) is 3.96. The predicted octanol–water partition coefficient (Wildman–Crippen LogP) is 1.54. The van der Waals surface area contributed by atoms with Crippen molar-refractivity contribution in [1.82, 2.24) is 14.3 Å². The fourth-order valence-electron chi connectivity index (χ4n) is 2.01. The Hall–Kier alpha value is -0.920. The first-order valence-corrected chi connectivity index (χ1v) is 8.51. The molecule has 1 rings (SSSR count). The summed E-state index contributed by atoms with van der Waals surface area (Å²) in [6.45, 7) is 7.88. The summed E-state index contributed by atoms with van der Waals surface area (Å²) in [7, 11) is -3.66. The number of hydrogen-bond acceptors (Lipinski definition) is 4. The van der Waals surface area contributed by atoms with Crippen molar-refractivity contribution in [3.05, 3.63) is 12.5 Å². The highest BCUT2D eigenvalue weighted by Gasteiger charge is 2.22. The smallest absolute Gasteiger partial charge is 0.259 e. The maximum Gasteiger partial charge on any atom is 0.259 e. The van der Waals surface area contributed by atoms with Gasteiger partial charge in [-0.1, -0.05) is 26.7 Å². The molecule has 116 valence electrons. The molecule has 0 aliphatic rings. The second-order valence-corrected chi connectivity index (χ2v) is 6.96. The number of imidazole rings is 1. The summed E-state index contributed by atoms with van der Waals surface area (Å²) in [4.78, 5) is 3.90. The van der Waals surface area contributed by atoms with E-state index in [9.17, 15) is 13.5 Å². The van der Waals surface area contributed by atoms with Gasteiger partial charge in [0.15, 0.2) is 5.03 Å². The van der Waals surface area contributed by atoms with Crippen LogP contribution in [0.25, 0.3) is 0 Å². The van der Waals surface area contributed by atoms with Crippen LogP contribution in [0.5, 0.6) is 0 Å². The SMILES string of the molecule is CCC(CC)C(O)CNS(=O)(=O)c1cn(C(C)C)cn1. The summed E-state index contributed by atoms with van der Waals surface area (Å²) < 4.78 is 28.3. The van der Waals surface area contributed by atoms with E-state index >= 15 is 0 Å². The van der Waals surface area contributed by atoms with Crippen LogP contribution >= 0.6 is 0 Å². The van der Waals surface area contributed by atoms with Gasteiger partial charge in [-0.05, 0) is 19.8 Å². The monoisotopic (exact) mass is 303 g/mol. The Balaban J connectivity index is 2.70. The van der Waals surface area contributed by atoms with Crippen molar-refractivity contribution in [3.8, 4) is 0 Å². The van der Waals surface area contributed by atoms with Crippen LogP contribution in [0.1, 0.15) is 46.6 Å². The molecule has 0 fully saturated rings. The van der Waals surface area contributed by atoms with Crippen molar-refractivity contribution < 1.29 is 13.5 Å². The number of aliphatic hydroxyl groups is 1. The molecule has 0 aliphatic heterocycles. The second kappa shape index (κ2) is 7.19. The molecule has 0 saturated carbocycles. The van der Waals surface area contributed by atoms with E-state index in [0.717, 1.165) is 12.8 Å². The molecule has 0 spiro atoms. The summed E-state index contributed by atoms with van der Waals surface area (Å²) in [5.74, 6) is 0.103. The van der Waals surface area contributed by atoms with E-state index in [1.165, 1.54) is 12.5 Å². The Labute approximate surface area is 121 Å². The highest BCUT2D eigenvalue weighted by molar-refractivity contribution is 7.89. The van der Waals surface area contributed by atoms with Crippen LogP contribution in [0.4, 0.5) is 0 Å². The minimum Gasteiger partial charge on any atom is -0.391 e. The largest absolute Gasteiger partial charge is 0.391 e. The van der Waals surface area contributed by atoms with Crippen molar-refractivity contribution in [2.45, 2.75) is 57.7 Å². The Morgan fingerprint density at radius 1 is 1.35 bits per heavy atom. The lowest BCUT2D eigenvalue weighted by molar-refractivity contribution is 0.107. The first-order valence-electron chi connectivity index (χ1n) is 7.03. The number of nitrogens with one attached hydrogen (secondary N) is 1. The van der Waals surface area contributed by atoms with E-state index in [0.29, 0.717) is 0 Å². The summed E-state index contributed by atoms with van der Waals surface area (Å²) in [5.41, 5.74) is 0. The van der Waals surface area contributed by atoms with Gasteiger partial charge in [-0.15, -0.1) is 0 Å². The Morgan fingerprint density at radius 2 is 1.95 bits per heavy atom. The molecule has 1 heterocycles. The van der Waals surface area contributed by atoms with E-state index in [1.807, 2.05) is 27.7 Å². The number of sulfonamides is 1. The Bertz CT molecular complexity index is 507. The van der Waals surface area contributed by atoms with E-state index in [1.54, 1.807) is 4.57 Å². The van der Waals surface area contributed by atoms with Crippen molar-refractivity contribution in [2.24, 2.45) is 5.92 Å². The highest BCUT2D eigenvalue weighted by Crippen LogP contribution is 2.14. The number of aromatic nitrogens is 2. The lowest BCUT2D eigenvalue weighted by Gasteiger charge is -2.19. The Morgan fingerprint density at radius 3 is 2.40 bits per heavy atom. The van der Waals surface area contributed by atoms with Crippen LogP contribution in [0.15, 0.2) is 17.6 Å². The van der Waals surface area contributed by atoms with Crippen molar-refractivity contribution in [1.29, 1.82) is 0 Å². The topological polar surface area (TPSA) is 84.2 Å². The third-order valence-electron chi connectivity index (χ3n) is 3.52. The van der Waals surface area contributed by atoms with Gasteiger partial charge in [0.25, 0.3) is 10.0 Å². The fourth-order valence-corrected chi connectivity index (χ4v) is 2.99. The highest BCUT2D eigenvalue weighted by atomic mass is 32.2. The van der Waals surface area contributed by atoms with Gasteiger partial charge in [0, 0.05) is 18.8 Å². The molecule has 0 bridgehead atoms. The molecule has 0 amide bonds. The normalized spacial score (nSPS) is 14.2. The Kier molecular flexibility index (Phi) is 6.16. The standard InChI is InChI=1S/C13H25N3O3S/c1-5-11(6-2)12(17)7-15-20(18,19)13-8-16(9-14-13)10(3)4/h8-12,15,17H,5-7H2,1-4H3.